The van der Waals surface area contributed by atoms with E-state index < -0.39 is 126 Å². The summed E-state index contributed by atoms with van der Waals surface area (Å²) in [5, 5.41) is 3.53. The average Bonchev–Trinajstić information content (AvgIpc) is 3.14. The number of carbonyl (C=O) groups is 2. The fourth-order valence-electron chi connectivity index (χ4n) is 4.35. The molecule has 0 aliphatic carbocycles. The number of rotatable bonds is 19. The lowest BCUT2D eigenvalue weighted by Gasteiger charge is -2.46. The van der Waals surface area contributed by atoms with Crippen molar-refractivity contribution in [3.63, 3.8) is 0 Å². The van der Waals surface area contributed by atoms with Gasteiger partial charge in [-0.15, -0.1) is 0 Å². The third-order valence-electron chi connectivity index (χ3n) is 8.50. The van der Waals surface area contributed by atoms with Gasteiger partial charge in [0.25, 0.3) is 0 Å². The first-order valence-electron chi connectivity index (χ1n) is 15.6. The van der Waals surface area contributed by atoms with E-state index in [4.69, 9.17) is 0 Å². The van der Waals surface area contributed by atoms with Gasteiger partial charge in [0.2, 0.25) is 0 Å². The monoisotopic (exact) mass is 1070 g/mol. The molecular formula is C28H15F33N2O4. The zero-order chi connectivity index (χ0) is 54.3. The van der Waals surface area contributed by atoms with Crippen molar-refractivity contribution < 1.29 is 164 Å². The van der Waals surface area contributed by atoms with E-state index in [-0.39, 0.29) is 11.3 Å². The number of ether oxygens (including phenoxy) is 2. The molecule has 0 radical (unpaired) electrons. The van der Waals surface area contributed by atoms with Crippen molar-refractivity contribution in [1.82, 2.24) is 0 Å². The predicted molar refractivity (Wildman–Crippen MR) is 147 cm³/mol. The highest BCUT2D eigenvalue weighted by Crippen LogP contribution is 2.70. The standard InChI is InChI=1S/C28H15F33N2O4/c1-8-3-4-9(7-10(8)63-11(64)66-2)62-12(65)67-6-5-13(29,30)14(31,32)15(33,34)16(35,36)17(37,38)18(39,40)19(41,42)20(43,44)21(45,46)22(47,48)23(49,50)24(51,52)25(53,54)26(55,56)27(57,58)28(59,60)61/h3-4,7H,5-6H2,1-2H3,(H,62,65)(H,63,64). The summed E-state index contributed by atoms with van der Waals surface area (Å²) < 4.78 is 462. The van der Waals surface area contributed by atoms with Gasteiger partial charge in [-0.3, -0.25) is 10.6 Å². The number of alkyl halides is 33. The van der Waals surface area contributed by atoms with Gasteiger partial charge in [-0.2, -0.15) is 145 Å². The molecule has 39 heteroatoms. The van der Waals surface area contributed by atoms with Crippen LogP contribution >= 0.6 is 0 Å². The highest BCUT2D eigenvalue weighted by molar-refractivity contribution is 5.89. The average molecular weight is 1070 g/mol. The molecule has 0 saturated heterocycles. The molecule has 0 unspecified atom stereocenters. The van der Waals surface area contributed by atoms with E-state index in [1.165, 1.54) is 12.2 Å². The van der Waals surface area contributed by atoms with E-state index >= 15 is 0 Å². The second-order valence-corrected chi connectivity index (χ2v) is 12.9. The summed E-state index contributed by atoms with van der Waals surface area (Å²) in [6, 6.07) is 2.67. The van der Waals surface area contributed by atoms with Crippen LogP contribution in [0.1, 0.15) is 12.0 Å². The summed E-state index contributed by atoms with van der Waals surface area (Å²) in [4.78, 5) is 23.1. The molecule has 0 fully saturated rings. The van der Waals surface area contributed by atoms with E-state index in [2.05, 4.69) is 9.47 Å². The van der Waals surface area contributed by atoms with E-state index in [1.807, 2.05) is 5.32 Å². The molecule has 0 aliphatic heterocycles. The molecule has 6 nitrogen and oxygen atoms in total. The van der Waals surface area contributed by atoms with Crippen LogP contribution in [0.4, 0.5) is 166 Å². The summed E-state index contributed by atoms with van der Waals surface area (Å²) >= 11 is 0. The number of amides is 2. The van der Waals surface area contributed by atoms with Crippen LogP contribution in [0.25, 0.3) is 0 Å². The van der Waals surface area contributed by atoms with Gasteiger partial charge in [-0.1, -0.05) is 6.07 Å². The van der Waals surface area contributed by atoms with E-state index in [0.29, 0.717) is 0 Å². The third-order valence-corrected chi connectivity index (χ3v) is 8.50. The third kappa shape index (κ3) is 8.44. The van der Waals surface area contributed by atoms with E-state index in [9.17, 15) is 154 Å². The Labute approximate surface area is 345 Å². The van der Waals surface area contributed by atoms with Crippen LogP contribution in [-0.2, 0) is 9.47 Å². The Hall–Kier alpha value is -4.55. The van der Waals surface area contributed by atoms with Crippen molar-refractivity contribution in [1.29, 1.82) is 0 Å². The number of nitrogens with one attached hydrogen (secondary N) is 2. The van der Waals surface area contributed by atoms with Gasteiger partial charge in [0, 0.05) is 11.4 Å². The van der Waals surface area contributed by atoms with E-state index in [1.54, 1.807) is 0 Å². The maximum atomic E-state index is 14.2. The van der Waals surface area contributed by atoms with Crippen molar-refractivity contribution >= 4 is 23.6 Å². The van der Waals surface area contributed by atoms with Gasteiger partial charge in [-0.25, -0.2) is 9.59 Å². The van der Waals surface area contributed by atoms with Crippen LogP contribution in [0, 0.1) is 6.92 Å². The summed E-state index contributed by atoms with van der Waals surface area (Å²) in [5.74, 6) is -144. The van der Waals surface area contributed by atoms with Crippen LogP contribution in [0.5, 0.6) is 0 Å². The van der Waals surface area contributed by atoms with Gasteiger partial charge < -0.3 is 9.47 Å². The van der Waals surface area contributed by atoms with Crippen LogP contribution < -0.4 is 10.6 Å². The number of carbonyl (C=O) groups excluding carboxylic acids is 2. The maximum absolute atomic E-state index is 14.2. The first-order valence-corrected chi connectivity index (χ1v) is 15.6. The molecule has 0 atom stereocenters. The number of benzene rings is 1. The van der Waals surface area contributed by atoms with Gasteiger partial charge >= 0.3 is 107 Å². The topological polar surface area (TPSA) is 76.7 Å². The molecular weight excluding hydrogens is 1060 g/mol. The van der Waals surface area contributed by atoms with Crippen LogP contribution in [-0.4, -0.2) is 121 Å². The van der Waals surface area contributed by atoms with Crippen molar-refractivity contribution in [3.05, 3.63) is 23.8 Å². The smallest absolute Gasteiger partial charge is 0.453 e. The lowest BCUT2D eigenvalue weighted by Crippen LogP contribution is -2.80. The number of hydrogen-bond donors (Lipinski definition) is 2. The Bertz CT molecular complexity index is 1970. The molecule has 392 valence electrons. The Balaban J connectivity index is 3.72. The Morgan fingerprint density at radius 3 is 0.985 bits per heavy atom. The van der Waals surface area contributed by atoms with E-state index in [0.717, 1.165) is 25.3 Å². The van der Waals surface area contributed by atoms with Crippen molar-refractivity contribution in [2.75, 3.05) is 24.4 Å². The van der Waals surface area contributed by atoms with Gasteiger partial charge in [-0.05, 0) is 24.6 Å². The molecule has 0 aliphatic rings. The normalized spacial score (nSPS) is 15.6. The van der Waals surface area contributed by atoms with Crippen molar-refractivity contribution in [2.45, 2.75) is 108 Å². The molecule has 2 N–H and O–H groups in total. The zero-order valence-electron chi connectivity index (χ0n) is 30.8. The molecule has 67 heavy (non-hydrogen) atoms. The Morgan fingerprint density at radius 2 is 0.701 bits per heavy atom. The molecule has 0 heterocycles. The number of aryl methyl sites for hydroxylation is 1. The molecule has 0 spiro atoms. The van der Waals surface area contributed by atoms with Crippen LogP contribution in [0.3, 0.4) is 0 Å². The second kappa shape index (κ2) is 16.8. The fraction of sp³-hybridized carbons (Fsp3) is 0.714. The Morgan fingerprint density at radius 1 is 0.418 bits per heavy atom. The highest BCUT2D eigenvalue weighted by Gasteiger charge is 3.01. The molecule has 2 amide bonds. The zero-order valence-corrected chi connectivity index (χ0v) is 30.8. The first kappa shape index (κ1) is 60.5. The molecule has 0 saturated carbocycles. The van der Waals surface area contributed by atoms with Crippen LogP contribution in [0.2, 0.25) is 0 Å². The summed E-state index contributed by atoms with van der Waals surface area (Å²) in [7, 11) is 0.831. The van der Waals surface area contributed by atoms with Crippen LogP contribution in [0.15, 0.2) is 18.2 Å². The summed E-state index contributed by atoms with van der Waals surface area (Å²) in [5.41, 5.74) is -0.654. The van der Waals surface area contributed by atoms with Gasteiger partial charge in [0.05, 0.1) is 20.1 Å². The molecule has 0 aromatic heterocycles. The quantitative estimate of drug-likeness (QED) is 0.135. The lowest BCUT2D eigenvalue weighted by atomic mass is 9.82. The number of halogens is 33. The molecule has 1 aromatic carbocycles. The number of methoxy groups -OCH3 is 1. The molecule has 1 aromatic rings. The van der Waals surface area contributed by atoms with Crippen molar-refractivity contribution in [2.24, 2.45) is 0 Å². The largest absolute Gasteiger partial charge is 0.460 e. The summed E-state index contributed by atoms with van der Waals surface area (Å²) in [6.45, 7) is -1.27. The number of anilines is 2. The van der Waals surface area contributed by atoms with Crippen molar-refractivity contribution in [3.8, 4) is 0 Å². The molecule has 0 bridgehead atoms. The minimum absolute atomic E-state index is 0.153. The number of hydrogen-bond acceptors (Lipinski definition) is 4. The second-order valence-electron chi connectivity index (χ2n) is 12.9. The summed E-state index contributed by atoms with van der Waals surface area (Å²) in [6.07, 6.45) is -15.2. The highest BCUT2D eigenvalue weighted by atomic mass is 19.4. The minimum Gasteiger partial charge on any atom is -0.453 e. The van der Waals surface area contributed by atoms with Gasteiger partial charge in [0.1, 0.15) is 0 Å². The maximum Gasteiger partial charge on any atom is 0.460 e. The fourth-order valence-corrected chi connectivity index (χ4v) is 4.35. The first-order chi connectivity index (χ1) is 29.0. The Kier molecular flexibility index (Phi) is 15.2. The lowest BCUT2D eigenvalue weighted by molar-refractivity contribution is -0.491. The SMILES string of the molecule is COC(=O)Nc1cc(NC(=O)OCCC(F)(F)C(F)(F)C(F)(F)C(F)(F)C(F)(F)C(F)(F)C(F)(F)C(F)(F)C(F)(F)C(F)(F)C(F)(F)C(F)(F)C(F)(F)C(F)(F)C(F)(F)C(F)(F)F)ccc1C. The predicted octanol–water partition coefficient (Wildman–Crippen LogP) is 13.2. The minimum atomic E-state index is -10.3. The molecule has 1 rings (SSSR count). The van der Waals surface area contributed by atoms with Gasteiger partial charge in [0.15, 0.2) is 0 Å².